The highest BCUT2D eigenvalue weighted by atomic mass is 32.1. The highest BCUT2D eigenvalue weighted by Gasteiger charge is 2.34. The minimum absolute atomic E-state index is 0.0215. The number of methoxy groups -OCH3 is 1. The number of nitrogens with zero attached hydrogens (tertiary/aromatic N) is 2. The maximum atomic E-state index is 13.5. The zero-order valence-electron chi connectivity index (χ0n) is 20.4. The zero-order chi connectivity index (χ0) is 24.0. The summed E-state index contributed by atoms with van der Waals surface area (Å²) >= 11 is 1.73. The van der Waals surface area contributed by atoms with Crippen LogP contribution in [0.5, 0.6) is 11.5 Å². The van der Waals surface area contributed by atoms with Crippen molar-refractivity contribution in [2.45, 2.75) is 59.0 Å². The van der Waals surface area contributed by atoms with Gasteiger partial charge in [-0.05, 0) is 54.8 Å². The number of hydrogen-bond donors (Lipinski definition) is 0. The summed E-state index contributed by atoms with van der Waals surface area (Å²) in [5, 5.41) is 2.08. The normalized spacial score (nSPS) is 16.3. The first kappa shape index (κ1) is 25.1. The van der Waals surface area contributed by atoms with Gasteiger partial charge in [-0.25, -0.2) is 0 Å². The number of carbonyl (C=O) groups is 2. The van der Waals surface area contributed by atoms with Gasteiger partial charge in [0.1, 0.15) is 24.7 Å². The molecular formula is C26H36N2O4S. The van der Waals surface area contributed by atoms with Crippen LogP contribution in [0.4, 0.5) is 0 Å². The van der Waals surface area contributed by atoms with Gasteiger partial charge in [0, 0.05) is 30.0 Å². The van der Waals surface area contributed by atoms with Crippen molar-refractivity contribution < 1.29 is 19.1 Å². The number of amides is 2. The lowest BCUT2D eigenvalue weighted by Crippen LogP contribution is -2.50. The van der Waals surface area contributed by atoms with E-state index in [1.54, 1.807) is 23.3 Å². The molecule has 2 unspecified atom stereocenters. The second kappa shape index (κ2) is 11.5. The summed E-state index contributed by atoms with van der Waals surface area (Å²) in [5.41, 5.74) is 1.14. The molecule has 1 aromatic heterocycles. The van der Waals surface area contributed by atoms with Crippen LogP contribution in [0.2, 0.25) is 0 Å². The Morgan fingerprint density at radius 3 is 2.67 bits per heavy atom. The van der Waals surface area contributed by atoms with Crippen molar-refractivity contribution in [2.75, 3.05) is 26.8 Å². The SMILES string of the molecule is CCC(C)N(CC(=O)N1CCc2sccc2C1COc1cccc(OC)c1)C(=O)CC(C)C. The van der Waals surface area contributed by atoms with Gasteiger partial charge < -0.3 is 19.3 Å². The summed E-state index contributed by atoms with van der Waals surface area (Å²) in [5.74, 6) is 1.71. The molecule has 2 aromatic rings. The van der Waals surface area contributed by atoms with Crippen molar-refractivity contribution in [1.82, 2.24) is 9.80 Å². The lowest BCUT2D eigenvalue weighted by molar-refractivity contribution is -0.144. The third kappa shape index (κ3) is 6.28. The van der Waals surface area contributed by atoms with Crippen molar-refractivity contribution >= 4 is 23.2 Å². The summed E-state index contributed by atoms with van der Waals surface area (Å²) in [6.07, 6.45) is 2.10. The molecule has 7 heteroatoms. The average Bonchev–Trinajstić information content (AvgIpc) is 3.29. The molecule has 6 nitrogen and oxygen atoms in total. The summed E-state index contributed by atoms with van der Waals surface area (Å²) in [7, 11) is 1.63. The number of fused-ring (bicyclic) bond motifs is 1. The van der Waals surface area contributed by atoms with Crippen LogP contribution in [-0.4, -0.2) is 54.5 Å². The van der Waals surface area contributed by atoms with Crippen LogP contribution in [-0.2, 0) is 16.0 Å². The van der Waals surface area contributed by atoms with E-state index in [1.807, 2.05) is 56.9 Å². The first-order valence-electron chi connectivity index (χ1n) is 11.8. The predicted octanol–water partition coefficient (Wildman–Crippen LogP) is 4.93. The number of carbonyl (C=O) groups excluding carboxylic acids is 2. The second-order valence-electron chi connectivity index (χ2n) is 9.02. The number of benzene rings is 1. The second-order valence-corrected chi connectivity index (χ2v) is 10.0. The Bertz CT molecular complexity index is 942. The molecule has 3 rings (SSSR count). The van der Waals surface area contributed by atoms with Crippen LogP contribution < -0.4 is 9.47 Å². The van der Waals surface area contributed by atoms with E-state index in [-0.39, 0.29) is 36.4 Å². The summed E-state index contributed by atoms with van der Waals surface area (Å²) in [6, 6.07) is 9.43. The fraction of sp³-hybridized carbons (Fsp3) is 0.538. The van der Waals surface area contributed by atoms with Gasteiger partial charge in [-0.3, -0.25) is 9.59 Å². The highest BCUT2D eigenvalue weighted by Crippen LogP contribution is 2.34. The van der Waals surface area contributed by atoms with Gasteiger partial charge in [-0.15, -0.1) is 11.3 Å². The minimum atomic E-state index is -0.183. The number of hydrogen-bond acceptors (Lipinski definition) is 5. The molecule has 33 heavy (non-hydrogen) atoms. The van der Waals surface area contributed by atoms with Gasteiger partial charge in [0.15, 0.2) is 0 Å². The lowest BCUT2D eigenvalue weighted by Gasteiger charge is -2.38. The van der Waals surface area contributed by atoms with Crippen molar-refractivity contribution in [1.29, 1.82) is 0 Å². The molecule has 0 N–H and O–H groups in total. The smallest absolute Gasteiger partial charge is 0.242 e. The fourth-order valence-electron chi connectivity index (χ4n) is 4.15. The summed E-state index contributed by atoms with van der Waals surface area (Å²) in [4.78, 5) is 31.4. The quantitative estimate of drug-likeness (QED) is 0.492. The molecule has 0 spiro atoms. The van der Waals surface area contributed by atoms with E-state index in [4.69, 9.17) is 9.47 Å². The lowest BCUT2D eigenvalue weighted by atomic mass is 10.00. The van der Waals surface area contributed by atoms with Crippen molar-refractivity contribution in [2.24, 2.45) is 5.92 Å². The Morgan fingerprint density at radius 2 is 1.97 bits per heavy atom. The number of thiophene rings is 1. The molecule has 0 bridgehead atoms. The minimum Gasteiger partial charge on any atom is -0.497 e. The number of ether oxygens (including phenoxy) is 2. The molecule has 0 saturated heterocycles. The fourth-order valence-corrected chi connectivity index (χ4v) is 5.08. The van der Waals surface area contributed by atoms with Crippen molar-refractivity contribution in [3.05, 3.63) is 46.2 Å². The standard InChI is InChI=1S/C26H36N2O4S/c1-6-19(4)28(25(29)14-18(2)3)16-26(30)27-12-10-24-22(11-13-33-24)23(27)17-32-21-9-7-8-20(15-21)31-5/h7-9,11,13,15,18-19,23H,6,10,12,14,16-17H2,1-5H3. The maximum Gasteiger partial charge on any atom is 0.242 e. The Hall–Kier alpha value is -2.54. The molecule has 2 atom stereocenters. The Labute approximate surface area is 201 Å². The van der Waals surface area contributed by atoms with E-state index in [0.29, 0.717) is 25.3 Å². The molecule has 180 valence electrons. The molecule has 0 fully saturated rings. The molecule has 1 aromatic carbocycles. The van der Waals surface area contributed by atoms with Gasteiger partial charge in [0.05, 0.1) is 13.2 Å². The molecule has 0 saturated carbocycles. The van der Waals surface area contributed by atoms with Crippen molar-refractivity contribution in [3.63, 3.8) is 0 Å². The third-order valence-electron chi connectivity index (χ3n) is 6.20. The van der Waals surface area contributed by atoms with Gasteiger partial charge in [0.25, 0.3) is 0 Å². The van der Waals surface area contributed by atoms with E-state index in [2.05, 4.69) is 11.4 Å². The first-order valence-corrected chi connectivity index (χ1v) is 12.6. The zero-order valence-corrected chi connectivity index (χ0v) is 21.2. The van der Waals surface area contributed by atoms with Crippen molar-refractivity contribution in [3.8, 4) is 11.5 Å². The summed E-state index contributed by atoms with van der Waals surface area (Å²) < 4.78 is 11.4. The molecule has 0 radical (unpaired) electrons. The van der Waals surface area contributed by atoms with E-state index >= 15 is 0 Å². The van der Waals surface area contributed by atoms with Crippen LogP contribution >= 0.6 is 11.3 Å². The summed E-state index contributed by atoms with van der Waals surface area (Å²) in [6.45, 7) is 9.22. The van der Waals surface area contributed by atoms with Crippen LogP contribution in [0.3, 0.4) is 0 Å². The van der Waals surface area contributed by atoms with Crippen LogP contribution in [0.15, 0.2) is 35.7 Å². The molecular weight excluding hydrogens is 436 g/mol. The van der Waals surface area contributed by atoms with Gasteiger partial charge >= 0.3 is 0 Å². The third-order valence-corrected chi connectivity index (χ3v) is 7.19. The largest absolute Gasteiger partial charge is 0.497 e. The molecule has 1 aliphatic heterocycles. The van der Waals surface area contributed by atoms with Gasteiger partial charge in [-0.1, -0.05) is 26.8 Å². The van der Waals surface area contributed by atoms with Gasteiger partial charge in [-0.2, -0.15) is 0 Å². The maximum absolute atomic E-state index is 13.5. The monoisotopic (exact) mass is 472 g/mol. The first-order chi connectivity index (χ1) is 15.8. The van der Waals surface area contributed by atoms with E-state index < -0.39 is 0 Å². The number of rotatable bonds is 10. The predicted molar refractivity (Wildman–Crippen MR) is 132 cm³/mol. The topological polar surface area (TPSA) is 59.1 Å². The Morgan fingerprint density at radius 1 is 1.21 bits per heavy atom. The molecule has 0 aliphatic carbocycles. The Kier molecular flexibility index (Phi) is 8.78. The average molecular weight is 473 g/mol. The van der Waals surface area contributed by atoms with E-state index in [0.717, 1.165) is 24.2 Å². The van der Waals surface area contributed by atoms with E-state index in [9.17, 15) is 9.59 Å². The molecule has 2 heterocycles. The molecule has 2 amide bonds. The molecule has 1 aliphatic rings. The van der Waals surface area contributed by atoms with Crippen LogP contribution in [0.1, 0.15) is 57.0 Å². The van der Waals surface area contributed by atoms with Crippen LogP contribution in [0.25, 0.3) is 0 Å². The Balaban J connectivity index is 1.78. The van der Waals surface area contributed by atoms with Crippen LogP contribution in [0, 0.1) is 5.92 Å². The van der Waals surface area contributed by atoms with Gasteiger partial charge in [0.2, 0.25) is 11.8 Å². The highest BCUT2D eigenvalue weighted by molar-refractivity contribution is 7.10. The van der Waals surface area contributed by atoms with E-state index in [1.165, 1.54) is 4.88 Å².